The summed E-state index contributed by atoms with van der Waals surface area (Å²) in [6, 6.07) is 18.3. The van der Waals surface area contributed by atoms with Crippen LogP contribution in [0.3, 0.4) is 0 Å². The summed E-state index contributed by atoms with van der Waals surface area (Å²) in [5.41, 5.74) is 7.40. The molecule has 0 radical (unpaired) electrons. The molecule has 2 nitrogen and oxygen atoms in total. The second-order valence-electron chi connectivity index (χ2n) is 7.40. The van der Waals surface area contributed by atoms with E-state index in [0.717, 1.165) is 32.5 Å². The van der Waals surface area contributed by atoms with Crippen molar-refractivity contribution in [2.45, 2.75) is 52.7 Å². The van der Waals surface area contributed by atoms with E-state index in [1.807, 2.05) is 0 Å². The number of fused-ring (bicyclic) bond motifs is 3. The fourth-order valence-corrected chi connectivity index (χ4v) is 4.46. The summed E-state index contributed by atoms with van der Waals surface area (Å²) in [6.45, 7) is 10.2. The Morgan fingerprint density at radius 1 is 1.04 bits per heavy atom. The zero-order chi connectivity index (χ0) is 17.4. The molecule has 1 atom stereocenters. The number of benzene rings is 2. The van der Waals surface area contributed by atoms with Crippen LogP contribution >= 0.6 is 0 Å². The van der Waals surface area contributed by atoms with Gasteiger partial charge < -0.3 is 4.57 Å². The number of aromatic nitrogens is 1. The lowest BCUT2D eigenvalue weighted by Crippen LogP contribution is -2.38. The first-order chi connectivity index (χ1) is 12.2. The first-order valence-electron chi connectivity index (χ1n) is 9.56. The van der Waals surface area contributed by atoms with Crippen LogP contribution in [0.5, 0.6) is 0 Å². The van der Waals surface area contributed by atoms with E-state index in [2.05, 4.69) is 78.8 Å². The van der Waals surface area contributed by atoms with Crippen molar-refractivity contribution < 1.29 is 0 Å². The van der Waals surface area contributed by atoms with Crippen molar-refractivity contribution in [3.8, 4) is 0 Å². The quantitative estimate of drug-likeness (QED) is 0.655. The number of aryl methyl sites for hydroxylation is 3. The lowest BCUT2D eigenvalue weighted by atomic mass is 9.97. The Bertz CT molecular complexity index is 876. The number of hydrogen-bond acceptors (Lipinski definition) is 1. The largest absolute Gasteiger partial charge is 0.344 e. The highest BCUT2D eigenvalue weighted by molar-refractivity contribution is 5.89. The number of likely N-dealkylation sites (N-methyl/N-ethyl adjacent to an activating group) is 1. The van der Waals surface area contributed by atoms with E-state index < -0.39 is 0 Å². The van der Waals surface area contributed by atoms with Gasteiger partial charge in [-0.1, -0.05) is 49.4 Å². The van der Waals surface area contributed by atoms with Crippen LogP contribution in [0.4, 0.5) is 0 Å². The minimum atomic E-state index is 0.623. The van der Waals surface area contributed by atoms with Crippen LogP contribution in [0.15, 0.2) is 48.5 Å². The van der Waals surface area contributed by atoms with Gasteiger partial charge in [0.2, 0.25) is 0 Å². The lowest BCUT2D eigenvalue weighted by Gasteiger charge is -2.33. The first kappa shape index (κ1) is 16.4. The molecular formula is C23H28N2. The van der Waals surface area contributed by atoms with Gasteiger partial charge in [0.25, 0.3) is 0 Å². The highest BCUT2D eigenvalue weighted by Crippen LogP contribution is 2.35. The fourth-order valence-electron chi connectivity index (χ4n) is 4.46. The van der Waals surface area contributed by atoms with Gasteiger partial charge in [0.1, 0.15) is 0 Å². The third-order valence-corrected chi connectivity index (χ3v) is 5.86. The fraction of sp³-hybridized carbons (Fsp3) is 0.391. The van der Waals surface area contributed by atoms with E-state index in [1.165, 1.54) is 22.0 Å². The van der Waals surface area contributed by atoms with E-state index in [0.29, 0.717) is 6.04 Å². The molecule has 0 spiro atoms. The maximum Gasteiger partial charge on any atom is 0.0488 e. The Labute approximate surface area is 151 Å². The topological polar surface area (TPSA) is 8.17 Å². The predicted octanol–water partition coefficient (Wildman–Crippen LogP) is 4.96. The SMILES string of the molecule is CCN1Cc2c(n(CCc3ccccc3)c3cccc(C)c23)CC1C. The highest BCUT2D eigenvalue weighted by Gasteiger charge is 2.28. The second kappa shape index (κ2) is 6.68. The van der Waals surface area contributed by atoms with Crippen LogP contribution in [0, 0.1) is 6.92 Å². The molecule has 1 unspecified atom stereocenters. The molecule has 1 aliphatic heterocycles. The molecule has 1 aromatic heterocycles. The van der Waals surface area contributed by atoms with Crippen LogP contribution in [-0.4, -0.2) is 22.1 Å². The van der Waals surface area contributed by atoms with Crippen LogP contribution in [0.25, 0.3) is 10.9 Å². The van der Waals surface area contributed by atoms with Gasteiger partial charge in [0.05, 0.1) is 0 Å². The Balaban J connectivity index is 1.78. The summed E-state index contributed by atoms with van der Waals surface area (Å²) in [6.07, 6.45) is 2.25. The molecule has 0 fully saturated rings. The van der Waals surface area contributed by atoms with Crippen molar-refractivity contribution in [1.29, 1.82) is 0 Å². The van der Waals surface area contributed by atoms with Crippen LogP contribution < -0.4 is 0 Å². The maximum absolute atomic E-state index is 2.61. The normalized spacial score (nSPS) is 17.8. The molecule has 0 aliphatic carbocycles. The molecule has 0 saturated heterocycles. The number of nitrogens with zero attached hydrogens (tertiary/aromatic N) is 2. The van der Waals surface area contributed by atoms with Gasteiger partial charge in [-0.2, -0.15) is 0 Å². The van der Waals surface area contributed by atoms with Crippen LogP contribution in [0.1, 0.15) is 36.2 Å². The molecule has 0 N–H and O–H groups in total. The third kappa shape index (κ3) is 2.89. The molecule has 4 rings (SSSR count). The summed E-state index contributed by atoms with van der Waals surface area (Å²) in [7, 11) is 0. The zero-order valence-corrected chi connectivity index (χ0v) is 15.6. The van der Waals surface area contributed by atoms with Crippen LogP contribution in [-0.2, 0) is 25.9 Å². The Morgan fingerprint density at radius 3 is 2.60 bits per heavy atom. The molecular weight excluding hydrogens is 304 g/mol. The summed E-state index contributed by atoms with van der Waals surface area (Å²) in [5.74, 6) is 0. The Morgan fingerprint density at radius 2 is 1.84 bits per heavy atom. The van der Waals surface area contributed by atoms with Gasteiger partial charge in [-0.05, 0) is 49.6 Å². The summed E-state index contributed by atoms with van der Waals surface area (Å²) in [5, 5.41) is 1.50. The maximum atomic E-state index is 2.61. The molecule has 0 bridgehead atoms. The third-order valence-electron chi connectivity index (χ3n) is 5.86. The summed E-state index contributed by atoms with van der Waals surface area (Å²) < 4.78 is 2.61. The minimum Gasteiger partial charge on any atom is -0.344 e. The van der Waals surface area contributed by atoms with Crippen molar-refractivity contribution in [3.05, 3.63) is 70.9 Å². The second-order valence-corrected chi connectivity index (χ2v) is 7.40. The van der Waals surface area contributed by atoms with Gasteiger partial charge in [-0.15, -0.1) is 0 Å². The zero-order valence-electron chi connectivity index (χ0n) is 15.6. The minimum absolute atomic E-state index is 0.623. The molecule has 2 heteroatoms. The summed E-state index contributed by atoms with van der Waals surface area (Å²) in [4.78, 5) is 2.61. The number of hydrogen-bond donors (Lipinski definition) is 0. The predicted molar refractivity (Wildman–Crippen MR) is 106 cm³/mol. The molecule has 0 saturated carbocycles. The Kier molecular flexibility index (Phi) is 4.39. The lowest BCUT2D eigenvalue weighted by molar-refractivity contribution is 0.192. The average molecular weight is 332 g/mol. The highest BCUT2D eigenvalue weighted by atomic mass is 15.2. The van der Waals surface area contributed by atoms with Crippen molar-refractivity contribution in [2.24, 2.45) is 0 Å². The standard InChI is InChI=1S/C23H28N2/c1-4-24-16-20-22(15-18(24)3)25(14-13-19-10-6-5-7-11-19)21-12-8-9-17(2)23(20)21/h5-12,18H,4,13-16H2,1-3H3. The molecule has 2 aromatic carbocycles. The van der Waals surface area contributed by atoms with Crippen molar-refractivity contribution >= 4 is 10.9 Å². The Hall–Kier alpha value is -2.06. The van der Waals surface area contributed by atoms with Crippen LogP contribution in [0.2, 0.25) is 0 Å². The van der Waals surface area contributed by atoms with Gasteiger partial charge in [-0.3, -0.25) is 4.90 Å². The smallest absolute Gasteiger partial charge is 0.0488 e. The van der Waals surface area contributed by atoms with Gasteiger partial charge in [-0.25, -0.2) is 0 Å². The van der Waals surface area contributed by atoms with Crippen molar-refractivity contribution in [1.82, 2.24) is 9.47 Å². The van der Waals surface area contributed by atoms with Gasteiger partial charge >= 0.3 is 0 Å². The first-order valence-corrected chi connectivity index (χ1v) is 9.56. The monoisotopic (exact) mass is 332 g/mol. The van der Waals surface area contributed by atoms with Gasteiger partial charge in [0.15, 0.2) is 0 Å². The van der Waals surface area contributed by atoms with E-state index in [1.54, 1.807) is 11.3 Å². The average Bonchev–Trinajstić information content (AvgIpc) is 2.94. The van der Waals surface area contributed by atoms with E-state index in [9.17, 15) is 0 Å². The van der Waals surface area contributed by atoms with E-state index in [-0.39, 0.29) is 0 Å². The molecule has 130 valence electrons. The molecule has 1 aliphatic rings. The number of rotatable bonds is 4. The molecule has 3 aromatic rings. The van der Waals surface area contributed by atoms with Gasteiger partial charge in [0, 0.05) is 42.1 Å². The van der Waals surface area contributed by atoms with E-state index >= 15 is 0 Å². The van der Waals surface area contributed by atoms with Crippen molar-refractivity contribution in [2.75, 3.05) is 6.54 Å². The molecule has 2 heterocycles. The van der Waals surface area contributed by atoms with E-state index in [4.69, 9.17) is 0 Å². The summed E-state index contributed by atoms with van der Waals surface area (Å²) >= 11 is 0. The molecule has 25 heavy (non-hydrogen) atoms. The van der Waals surface area contributed by atoms with Crippen molar-refractivity contribution in [3.63, 3.8) is 0 Å². The molecule has 0 amide bonds.